The summed E-state index contributed by atoms with van der Waals surface area (Å²) in [5, 5.41) is 0. The van der Waals surface area contributed by atoms with Crippen molar-refractivity contribution in [2.24, 2.45) is 5.92 Å². The van der Waals surface area contributed by atoms with E-state index in [1.165, 1.54) is 19.1 Å². The quantitative estimate of drug-likeness (QED) is 0.823. The lowest BCUT2D eigenvalue weighted by molar-refractivity contribution is -0.119. The maximum atomic E-state index is 13.2. The topological polar surface area (TPSA) is 101 Å². The molecule has 1 heterocycles. The second kappa shape index (κ2) is 6.57. The summed E-state index contributed by atoms with van der Waals surface area (Å²) >= 11 is 0. The highest BCUT2D eigenvalue weighted by Gasteiger charge is 2.41. The molecule has 1 amide bonds. The van der Waals surface area contributed by atoms with Crippen molar-refractivity contribution < 1.29 is 30.4 Å². The summed E-state index contributed by atoms with van der Waals surface area (Å²) in [5.74, 6) is -3.51. The molecule has 11 heteroatoms. The second-order valence-electron chi connectivity index (χ2n) is 6.04. The largest absolute Gasteiger partial charge is 0.279 e. The zero-order valence-corrected chi connectivity index (χ0v) is 15.5. The number of halogens is 2. The molecule has 1 N–H and O–H groups in total. The Morgan fingerprint density at radius 2 is 1.63 bits per heavy atom. The highest BCUT2D eigenvalue weighted by atomic mass is 32.2. The molecule has 7 nitrogen and oxygen atoms in total. The lowest BCUT2D eigenvalue weighted by Crippen LogP contribution is -2.30. The average molecular weight is 416 g/mol. The molecule has 0 saturated carbocycles. The molecule has 0 spiro atoms. The fraction of sp³-hybridized carbons (Fsp3) is 0.188. The minimum atomic E-state index is -4.18. The molecule has 144 valence electrons. The minimum absolute atomic E-state index is 0.0140. The van der Waals surface area contributed by atoms with Gasteiger partial charge in [0, 0.05) is 6.07 Å². The lowest BCUT2D eigenvalue weighted by atomic mass is 10.2. The van der Waals surface area contributed by atoms with Crippen LogP contribution in [-0.4, -0.2) is 28.5 Å². The van der Waals surface area contributed by atoms with Crippen LogP contribution >= 0.6 is 0 Å². The Bertz CT molecular complexity index is 1100. The van der Waals surface area contributed by atoms with Crippen molar-refractivity contribution in [3.05, 3.63) is 54.1 Å². The van der Waals surface area contributed by atoms with E-state index in [2.05, 4.69) is 0 Å². The Balaban J connectivity index is 1.89. The average Bonchev–Trinajstić information content (AvgIpc) is 2.73. The van der Waals surface area contributed by atoms with Crippen LogP contribution in [-0.2, 0) is 24.8 Å². The van der Waals surface area contributed by atoms with Crippen LogP contribution in [0.1, 0.15) is 6.92 Å². The van der Waals surface area contributed by atoms with Crippen molar-refractivity contribution in [2.45, 2.75) is 11.8 Å². The third kappa shape index (κ3) is 3.78. The predicted molar refractivity (Wildman–Crippen MR) is 94.0 cm³/mol. The number of carbonyl (C=O) groups excluding carboxylic acids is 1. The maximum Gasteiger partial charge on any atom is 0.261 e. The highest BCUT2D eigenvalue weighted by molar-refractivity contribution is 7.94. The summed E-state index contributed by atoms with van der Waals surface area (Å²) in [4.78, 5) is 11.8. The Morgan fingerprint density at radius 1 is 1.07 bits per heavy atom. The van der Waals surface area contributed by atoms with E-state index in [9.17, 15) is 30.4 Å². The monoisotopic (exact) mass is 416 g/mol. The molecule has 2 aromatic rings. The third-order valence-electron chi connectivity index (χ3n) is 3.86. The standard InChI is InChI=1S/C16H14F2N2O5S2/c1-10-9-26(22,23)20(16(10)21)14-2-4-15(5-3-14)27(24,25)19-13-7-11(17)6-12(18)8-13/h2-8,10,19H,9H2,1H3. The molecule has 0 aliphatic carbocycles. The van der Waals surface area contributed by atoms with Crippen LogP contribution in [0.15, 0.2) is 47.4 Å². The number of benzene rings is 2. The lowest BCUT2D eigenvalue weighted by Gasteiger charge is -2.16. The number of nitrogens with zero attached hydrogens (tertiary/aromatic N) is 1. The van der Waals surface area contributed by atoms with Gasteiger partial charge in [0.15, 0.2) is 0 Å². The summed E-state index contributed by atoms with van der Waals surface area (Å²) < 4.78 is 77.9. The molecular weight excluding hydrogens is 402 g/mol. The van der Waals surface area contributed by atoms with Gasteiger partial charge in [-0.3, -0.25) is 9.52 Å². The molecule has 1 aliphatic heterocycles. The number of rotatable bonds is 4. The van der Waals surface area contributed by atoms with Crippen molar-refractivity contribution in [2.75, 3.05) is 14.8 Å². The number of hydrogen-bond acceptors (Lipinski definition) is 5. The van der Waals surface area contributed by atoms with Crippen LogP contribution in [0.2, 0.25) is 0 Å². The van der Waals surface area contributed by atoms with E-state index in [-0.39, 0.29) is 22.0 Å². The van der Waals surface area contributed by atoms with Crippen LogP contribution in [0.3, 0.4) is 0 Å². The summed E-state index contributed by atoms with van der Waals surface area (Å²) in [6, 6.07) is 6.76. The first-order chi connectivity index (χ1) is 12.5. The Kier molecular flexibility index (Phi) is 4.68. The van der Waals surface area contributed by atoms with Gasteiger partial charge in [-0.05, 0) is 36.4 Å². The minimum Gasteiger partial charge on any atom is -0.279 e. The van der Waals surface area contributed by atoms with Gasteiger partial charge in [-0.1, -0.05) is 6.92 Å². The number of anilines is 2. The van der Waals surface area contributed by atoms with Gasteiger partial charge in [-0.2, -0.15) is 0 Å². The van der Waals surface area contributed by atoms with Gasteiger partial charge >= 0.3 is 0 Å². The Morgan fingerprint density at radius 3 is 2.11 bits per heavy atom. The first-order valence-electron chi connectivity index (χ1n) is 7.65. The van der Waals surface area contributed by atoms with E-state index in [0.717, 1.165) is 24.3 Å². The molecular formula is C16H14F2N2O5S2. The van der Waals surface area contributed by atoms with Crippen molar-refractivity contribution >= 4 is 37.3 Å². The van der Waals surface area contributed by atoms with E-state index in [1.807, 2.05) is 4.72 Å². The molecule has 2 aromatic carbocycles. The molecule has 1 aliphatic rings. The SMILES string of the molecule is CC1CS(=O)(=O)N(c2ccc(S(=O)(=O)Nc3cc(F)cc(F)c3)cc2)C1=O. The molecule has 1 fully saturated rings. The van der Waals surface area contributed by atoms with Crippen LogP contribution in [0.5, 0.6) is 0 Å². The third-order valence-corrected chi connectivity index (χ3v) is 7.12. The Labute approximate surface area is 154 Å². The zero-order valence-electron chi connectivity index (χ0n) is 13.9. The second-order valence-corrected chi connectivity index (χ2v) is 9.58. The fourth-order valence-electron chi connectivity index (χ4n) is 2.67. The number of nitrogens with one attached hydrogen (secondary N) is 1. The molecule has 1 saturated heterocycles. The molecule has 1 atom stereocenters. The highest BCUT2D eigenvalue weighted by Crippen LogP contribution is 2.29. The number of hydrogen-bond donors (Lipinski definition) is 1. The van der Waals surface area contributed by atoms with Crippen LogP contribution in [0, 0.1) is 17.6 Å². The predicted octanol–water partition coefficient (Wildman–Crippen LogP) is 2.08. The first kappa shape index (κ1) is 19.2. The number of sulfonamides is 2. The molecule has 1 unspecified atom stereocenters. The zero-order chi connectivity index (χ0) is 20.0. The van der Waals surface area contributed by atoms with Crippen LogP contribution in [0.4, 0.5) is 20.2 Å². The Hall–Kier alpha value is -2.53. The van der Waals surface area contributed by atoms with E-state index in [4.69, 9.17) is 0 Å². The summed E-state index contributed by atoms with van der Waals surface area (Å²) in [7, 11) is -7.99. The smallest absolute Gasteiger partial charge is 0.261 e. The van der Waals surface area contributed by atoms with Crippen LogP contribution in [0.25, 0.3) is 0 Å². The van der Waals surface area contributed by atoms with Gasteiger partial charge in [0.05, 0.1) is 27.9 Å². The molecule has 3 rings (SSSR count). The van der Waals surface area contributed by atoms with E-state index in [0.29, 0.717) is 10.4 Å². The number of amides is 1. The van der Waals surface area contributed by atoms with Crippen molar-refractivity contribution in [3.63, 3.8) is 0 Å². The molecule has 0 aromatic heterocycles. The van der Waals surface area contributed by atoms with Crippen molar-refractivity contribution in [3.8, 4) is 0 Å². The van der Waals surface area contributed by atoms with Gasteiger partial charge in [0.25, 0.3) is 10.0 Å². The first-order valence-corrected chi connectivity index (χ1v) is 10.7. The van der Waals surface area contributed by atoms with Gasteiger partial charge < -0.3 is 0 Å². The van der Waals surface area contributed by atoms with E-state index >= 15 is 0 Å². The number of carbonyl (C=O) groups is 1. The van der Waals surface area contributed by atoms with Gasteiger partial charge in [-0.25, -0.2) is 29.9 Å². The van der Waals surface area contributed by atoms with Gasteiger partial charge in [-0.15, -0.1) is 0 Å². The molecule has 0 radical (unpaired) electrons. The van der Waals surface area contributed by atoms with E-state index in [1.54, 1.807) is 0 Å². The fourth-order valence-corrected chi connectivity index (χ4v) is 5.54. The van der Waals surface area contributed by atoms with Gasteiger partial charge in [0.1, 0.15) is 11.6 Å². The maximum absolute atomic E-state index is 13.2. The summed E-state index contributed by atoms with van der Waals surface area (Å²) in [6.07, 6.45) is 0. The molecule has 0 bridgehead atoms. The van der Waals surface area contributed by atoms with Crippen molar-refractivity contribution in [1.82, 2.24) is 0 Å². The van der Waals surface area contributed by atoms with Gasteiger partial charge in [0.2, 0.25) is 15.9 Å². The van der Waals surface area contributed by atoms with Crippen molar-refractivity contribution in [1.29, 1.82) is 0 Å². The van der Waals surface area contributed by atoms with E-state index < -0.39 is 43.5 Å². The van der Waals surface area contributed by atoms with Crippen LogP contribution < -0.4 is 9.03 Å². The summed E-state index contributed by atoms with van der Waals surface area (Å²) in [6.45, 7) is 1.49. The summed E-state index contributed by atoms with van der Waals surface area (Å²) in [5.41, 5.74) is -0.289. The normalized spacial score (nSPS) is 19.3. The molecule has 27 heavy (non-hydrogen) atoms.